The highest BCUT2D eigenvalue weighted by molar-refractivity contribution is 5.79. The number of aryl methyl sites for hydroxylation is 1. The number of hydrogen-bond acceptors (Lipinski definition) is 3. The van der Waals surface area contributed by atoms with Crippen LogP contribution in [0.15, 0.2) is 12.3 Å². The van der Waals surface area contributed by atoms with Gasteiger partial charge in [0.1, 0.15) is 6.54 Å². The predicted octanol–water partition coefficient (Wildman–Crippen LogP) is -0.696. The number of nitrogens with one attached hydrogen (secondary N) is 2. The summed E-state index contributed by atoms with van der Waals surface area (Å²) in [4.78, 5) is 21.2. The number of amides is 2. The van der Waals surface area contributed by atoms with Gasteiger partial charge in [0.15, 0.2) is 0 Å². The first-order valence-corrected chi connectivity index (χ1v) is 4.30. The summed E-state index contributed by atoms with van der Waals surface area (Å²) in [6.07, 6.45) is 1.62. The number of aromatic nitrogens is 2. The molecule has 3 N–H and O–H groups in total. The second-order valence-corrected chi connectivity index (χ2v) is 2.88. The van der Waals surface area contributed by atoms with Crippen molar-refractivity contribution < 1.29 is 14.7 Å². The van der Waals surface area contributed by atoms with E-state index in [2.05, 4.69) is 15.7 Å². The molecule has 2 amide bonds. The average molecular weight is 212 g/mol. The molecule has 0 aliphatic heterocycles. The number of aliphatic carboxylic acids is 1. The number of urea groups is 1. The molecule has 0 bridgehead atoms. The third-order valence-corrected chi connectivity index (χ3v) is 1.75. The molecule has 82 valence electrons. The van der Waals surface area contributed by atoms with Gasteiger partial charge in [-0.3, -0.25) is 9.48 Å². The van der Waals surface area contributed by atoms with Gasteiger partial charge in [-0.1, -0.05) is 0 Å². The van der Waals surface area contributed by atoms with Crippen molar-refractivity contribution >= 4 is 12.0 Å². The molecule has 0 spiro atoms. The highest BCUT2D eigenvalue weighted by Crippen LogP contribution is 1.94. The van der Waals surface area contributed by atoms with Crippen LogP contribution in [0.3, 0.4) is 0 Å². The molecule has 0 fully saturated rings. The second kappa shape index (κ2) is 4.99. The number of hydrogen-bond donors (Lipinski definition) is 3. The summed E-state index contributed by atoms with van der Waals surface area (Å²) in [7, 11) is 1.76. The number of rotatable bonds is 4. The van der Waals surface area contributed by atoms with Crippen molar-refractivity contribution in [3.63, 3.8) is 0 Å². The summed E-state index contributed by atoms with van der Waals surface area (Å²) < 4.78 is 1.62. The Labute approximate surface area is 86.1 Å². The van der Waals surface area contributed by atoms with Crippen LogP contribution in [0, 0.1) is 0 Å². The van der Waals surface area contributed by atoms with Crippen LogP contribution in [0.25, 0.3) is 0 Å². The van der Waals surface area contributed by atoms with Gasteiger partial charge in [-0.05, 0) is 6.07 Å². The summed E-state index contributed by atoms with van der Waals surface area (Å²) in [5, 5.41) is 16.9. The third-order valence-electron chi connectivity index (χ3n) is 1.75. The third kappa shape index (κ3) is 3.67. The normalized spacial score (nSPS) is 9.67. The van der Waals surface area contributed by atoms with Gasteiger partial charge in [-0.25, -0.2) is 4.79 Å². The van der Waals surface area contributed by atoms with E-state index in [4.69, 9.17) is 5.11 Å². The Morgan fingerprint density at radius 3 is 2.80 bits per heavy atom. The van der Waals surface area contributed by atoms with Crippen LogP contribution in [0.5, 0.6) is 0 Å². The van der Waals surface area contributed by atoms with E-state index in [1.165, 1.54) is 0 Å². The van der Waals surface area contributed by atoms with E-state index in [9.17, 15) is 9.59 Å². The van der Waals surface area contributed by atoms with Crippen LogP contribution in [-0.4, -0.2) is 33.4 Å². The topological polar surface area (TPSA) is 96.3 Å². The lowest BCUT2D eigenvalue weighted by Crippen LogP contribution is -2.38. The van der Waals surface area contributed by atoms with Crippen molar-refractivity contribution in [3.05, 3.63) is 18.0 Å². The number of carbonyl (C=O) groups is 2. The van der Waals surface area contributed by atoms with Crippen LogP contribution in [0.1, 0.15) is 5.69 Å². The monoisotopic (exact) mass is 212 g/mol. The molecular formula is C8H12N4O3. The first-order chi connectivity index (χ1) is 7.09. The molecule has 15 heavy (non-hydrogen) atoms. The van der Waals surface area contributed by atoms with E-state index in [-0.39, 0.29) is 0 Å². The number of carboxylic acids is 1. The molecule has 1 aromatic rings. The van der Waals surface area contributed by atoms with E-state index < -0.39 is 18.5 Å². The van der Waals surface area contributed by atoms with Crippen molar-refractivity contribution in [1.29, 1.82) is 0 Å². The van der Waals surface area contributed by atoms with Crippen LogP contribution in [-0.2, 0) is 18.4 Å². The maximum atomic E-state index is 11.0. The van der Waals surface area contributed by atoms with Gasteiger partial charge in [0.05, 0.1) is 12.2 Å². The Hall–Kier alpha value is -2.05. The van der Waals surface area contributed by atoms with Gasteiger partial charge in [0.25, 0.3) is 0 Å². The largest absolute Gasteiger partial charge is 0.480 e. The Morgan fingerprint density at radius 2 is 2.27 bits per heavy atom. The van der Waals surface area contributed by atoms with Crippen LogP contribution >= 0.6 is 0 Å². The minimum absolute atomic E-state index is 0.307. The molecule has 0 aromatic carbocycles. The fraction of sp³-hybridized carbons (Fsp3) is 0.375. The maximum Gasteiger partial charge on any atom is 0.323 e. The highest BCUT2D eigenvalue weighted by Gasteiger charge is 2.04. The minimum atomic E-state index is -1.08. The molecule has 0 aliphatic rings. The first kappa shape index (κ1) is 11.0. The Bertz CT molecular complexity index is 361. The Morgan fingerprint density at radius 1 is 1.53 bits per heavy atom. The van der Waals surface area contributed by atoms with E-state index in [1.54, 1.807) is 24.0 Å². The summed E-state index contributed by atoms with van der Waals surface area (Å²) in [6.45, 7) is -0.0842. The van der Waals surface area contributed by atoms with E-state index in [0.717, 1.165) is 5.69 Å². The molecular weight excluding hydrogens is 200 g/mol. The molecule has 0 unspecified atom stereocenters. The predicted molar refractivity (Wildman–Crippen MR) is 51.1 cm³/mol. The maximum absolute atomic E-state index is 11.0. The zero-order valence-electron chi connectivity index (χ0n) is 8.23. The molecule has 7 heteroatoms. The van der Waals surface area contributed by atoms with Gasteiger partial charge >= 0.3 is 12.0 Å². The van der Waals surface area contributed by atoms with Gasteiger partial charge < -0.3 is 15.7 Å². The lowest BCUT2D eigenvalue weighted by molar-refractivity contribution is -0.135. The molecule has 0 saturated carbocycles. The Balaban J connectivity index is 2.28. The SMILES string of the molecule is Cn1nccc1CNC(=O)NCC(=O)O. The van der Waals surface area contributed by atoms with Gasteiger partial charge in [-0.15, -0.1) is 0 Å². The van der Waals surface area contributed by atoms with Crippen LogP contribution < -0.4 is 10.6 Å². The lowest BCUT2D eigenvalue weighted by Gasteiger charge is -2.05. The molecule has 1 rings (SSSR count). The standard InChI is InChI=1S/C8H12N4O3/c1-12-6(2-3-11-12)4-9-8(15)10-5-7(13)14/h2-3H,4-5H2,1H3,(H,13,14)(H2,9,10,15). The van der Waals surface area contributed by atoms with Gasteiger partial charge in [0.2, 0.25) is 0 Å². The smallest absolute Gasteiger partial charge is 0.323 e. The zero-order valence-corrected chi connectivity index (χ0v) is 8.23. The molecule has 0 atom stereocenters. The minimum Gasteiger partial charge on any atom is -0.480 e. The lowest BCUT2D eigenvalue weighted by atomic mass is 10.4. The number of carboxylic acid groups (broad SMARTS) is 1. The van der Waals surface area contributed by atoms with Crippen molar-refractivity contribution in [2.45, 2.75) is 6.54 Å². The van der Waals surface area contributed by atoms with E-state index >= 15 is 0 Å². The highest BCUT2D eigenvalue weighted by atomic mass is 16.4. The molecule has 1 heterocycles. The number of nitrogens with zero attached hydrogens (tertiary/aromatic N) is 2. The first-order valence-electron chi connectivity index (χ1n) is 4.30. The van der Waals surface area contributed by atoms with Crippen molar-refractivity contribution in [2.24, 2.45) is 7.05 Å². The van der Waals surface area contributed by atoms with Crippen molar-refractivity contribution in [1.82, 2.24) is 20.4 Å². The average Bonchev–Trinajstić information content (AvgIpc) is 2.58. The summed E-state index contributed by atoms with van der Waals surface area (Å²) in [5.41, 5.74) is 0.834. The zero-order chi connectivity index (χ0) is 11.3. The van der Waals surface area contributed by atoms with E-state index in [1.807, 2.05) is 0 Å². The van der Waals surface area contributed by atoms with E-state index in [0.29, 0.717) is 6.54 Å². The molecule has 7 nitrogen and oxygen atoms in total. The molecule has 1 aromatic heterocycles. The molecule has 0 aliphatic carbocycles. The van der Waals surface area contributed by atoms with Crippen LogP contribution in [0.4, 0.5) is 4.79 Å². The summed E-state index contributed by atoms with van der Waals surface area (Å²) >= 11 is 0. The fourth-order valence-corrected chi connectivity index (χ4v) is 0.964. The fourth-order valence-electron chi connectivity index (χ4n) is 0.964. The molecule has 0 radical (unpaired) electrons. The quantitative estimate of drug-likeness (QED) is 0.615. The van der Waals surface area contributed by atoms with Gasteiger partial charge in [0, 0.05) is 13.2 Å². The second-order valence-electron chi connectivity index (χ2n) is 2.88. The van der Waals surface area contributed by atoms with Crippen molar-refractivity contribution in [2.75, 3.05) is 6.54 Å². The van der Waals surface area contributed by atoms with Crippen LogP contribution in [0.2, 0.25) is 0 Å². The Kier molecular flexibility index (Phi) is 3.67. The van der Waals surface area contributed by atoms with Gasteiger partial charge in [-0.2, -0.15) is 5.10 Å². The number of carbonyl (C=O) groups excluding carboxylic acids is 1. The summed E-state index contributed by atoms with van der Waals surface area (Å²) in [5.74, 6) is -1.08. The molecule has 0 saturated heterocycles. The van der Waals surface area contributed by atoms with Crippen molar-refractivity contribution in [3.8, 4) is 0 Å². The summed E-state index contributed by atoms with van der Waals surface area (Å²) in [6, 6.07) is 1.25.